The minimum absolute atomic E-state index is 0. The topological polar surface area (TPSA) is 68.8 Å². The van der Waals surface area contributed by atoms with Crippen molar-refractivity contribution in [3.05, 3.63) is 12.2 Å². The Labute approximate surface area is 47.9 Å². The van der Waals surface area contributed by atoms with E-state index in [-0.39, 0.29) is 5.48 Å². The van der Waals surface area contributed by atoms with Gasteiger partial charge >= 0.3 is 5.97 Å². The second-order valence-electron chi connectivity index (χ2n) is 1.15. The average Bonchev–Trinajstić information content (AvgIpc) is 1.61. The average molecular weight is 118 g/mol. The van der Waals surface area contributed by atoms with E-state index in [2.05, 4.69) is 0 Å². The molecule has 0 atom stereocenters. The van der Waals surface area contributed by atoms with Crippen molar-refractivity contribution in [2.24, 2.45) is 0 Å². The first kappa shape index (κ1) is 10.2. The van der Waals surface area contributed by atoms with Gasteiger partial charge in [-0.2, -0.15) is 0 Å². The van der Waals surface area contributed by atoms with E-state index in [1.165, 1.54) is 0 Å². The predicted molar refractivity (Wildman–Crippen MR) is 30.7 cm³/mol. The minimum atomic E-state index is -0.873. The summed E-state index contributed by atoms with van der Waals surface area (Å²) in [5.74, 6) is -0.873. The molecular formula is C5H10O3. The molecule has 8 heavy (non-hydrogen) atoms. The lowest BCUT2D eigenvalue weighted by molar-refractivity contribution is -0.131. The van der Waals surface area contributed by atoms with Gasteiger partial charge in [0.05, 0.1) is 0 Å². The number of hydrogen-bond donors (Lipinski definition) is 1. The Kier molecular flexibility index (Phi) is 7.88. The molecule has 0 heterocycles. The highest BCUT2D eigenvalue weighted by Gasteiger charge is 1.79. The summed E-state index contributed by atoms with van der Waals surface area (Å²) in [4.78, 5) is 9.67. The van der Waals surface area contributed by atoms with Crippen LogP contribution in [0, 0.1) is 0 Å². The van der Waals surface area contributed by atoms with Crippen LogP contribution in [0.2, 0.25) is 0 Å². The smallest absolute Gasteiger partial charge is 0.327 e. The molecule has 0 aliphatic carbocycles. The number of allylic oxidation sites excluding steroid dienone is 1. The van der Waals surface area contributed by atoms with Crippen LogP contribution in [0.15, 0.2) is 12.2 Å². The Bertz CT molecular complexity index is 85.7. The van der Waals surface area contributed by atoms with Crippen molar-refractivity contribution in [2.45, 2.75) is 13.3 Å². The largest absolute Gasteiger partial charge is 0.478 e. The summed E-state index contributed by atoms with van der Waals surface area (Å²) in [5.41, 5.74) is 0. The molecule has 0 aliphatic heterocycles. The third kappa shape index (κ3) is 8.95. The third-order valence-electron chi connectivity index (χ3n) is 0.496. The van der Waals surface area contributed by atoms with Gasteiger partial charge in [0, 0.05) is 6.08 Å². The molecule has 0 aliphatic rings. The van der Waals surface area contributed by atoms with E-state index in [9.17, 15) is 4.79 Å². The van der Waals surface area contributed by atoms with Crippen LogP contribution in [-0.2, 0) is 4.79 Å². The maximum atomic E-state index is 9.67. The number of carbonyl (C=O) groups is 1. The van der Waals surface area contributed by atoms with Gasteiger partial charge < -0.3 is 10.6 Å². The van der Waals surface area contributed by atoms with Crippen molar-refractivity contribution in [3.8, 4) is 0 Å². The highest BCUT2D eigenvalue weighted by atomic mass is 16.4. The Balaban J connectivity index is 0. The van der Waals surface area contributed by atoms with E-state index in [1.807, 2.05) is 6.92 Å². The molecule has 0 bridgehead atoms. The zero-order chi connectivity index (χ0) is 5.70. The van der Waals surface area contributed by atoms with Gasteiger partial charge in [-0.3, -0.25) is 0 Å². The van der Waals surface area contributed by atoms with Gasteiger partial charge in [0.25, 0.3) is 0 Å². The molecule has 0 aromatic heterocycles. The van der Waals surface area contributed by atoms with E-state index >= 15 is 0 Å². The molecule has 0 rings (SSSR count). The van der Waals surface area contributed by atoms with Gasteiger partial charge in [0.2, 0.25) is 0 Å². The molecular weight excluding hydrogens is 108 g/mol. The second kappa shape index (κ2) is 6.17. The highest BCUT2D eigenvalue weighted by molar-refractivity contribution is 5.79. The number of rotatable bonds is 2. The molecule has 0 saturated carbocycles. The fourth-order valence-electron chi connectivity index (χ4n) is 0.219. The van der Waals surface area contributed by atoms with Crippen molar-refractivity contribution in [1.29, 1.82) is 0 Å². The Morgan fingerprint density at radius 3 is 2.38 bits per heavy atom. The van der Waals surface area contributed by atoms with Crippen LogP contribution in [0.25, 0.3) is 0 Å². The second-order valence-corrected chi connectivity index (χ2v) is 1.15. The molecule has 3 heteroatoms. The van der Waals surface area contributed by atoms with E-state index in [4.69, 9.17) is 5.11 Å². The quantitative estimate of drug-likeness (QED) is 0.526. The number of aliphatic carboxylic acids is 1. The van der Waals surface area contributed by atoms with Crippen molar-refractivity contribution in [3.63, 3.8) is 0 Å². The van der Waals surface area contributed by atoms with Crippen LogP contribution >= 0.6 is 0 Å². The van der Waals surface area contributed by atoms with Crippen LogP contribution in [-0.4, -0.2) is 16.6 Å². The van der Waals surface area contributed by atoms with Gasteiger partial charge in [0.15, 0.2) is 0 Å². The summed E-state index contributed by atoms with van der Waals surface area (Å²) in [7, 11) is 0. The summed E-state index contributed by atoms with van der Waals surface area (Å²) >= 11 is 0. The molecule has 0 fully saturated rings. The molecule has 0 spiro atoms. The molecule has 3 nitrogen and oxygen atoms in total. The molecule has 0 aromatic rings. The summed E-state index contributed by atoms with van der Waals surface area (Å²) in [5, 5.41) is 7.96. The summed E-state index contributed by atoms with van der Waals surface area (Å²) in [6, 6.07) is 0. The molecule has 0 amide bonds. The summed E-state index contributed by atoms with van der Waals surface area (Å²) < 4.78 is 0. The van der Waals surface area contributed by atoms with Crippen molar-refractivity contribution in [2.75, 3.05) is 0 Å². The number of carboxylic acids is 1. The van der Waals surface area contributed by atoms with Crippen LogP contribution in [0.1, 0.15) is 13.3 Å². The Morgan fingerprint density at radius 2 is 2.25 bits per heavy atom. The SMILES string of the molecule is CC/C=C/C(=O)O.O. The van der Waals surface area contributed by atoms with Crippen LogP contribution < -0.4 is 0 Å². The highest BCUT2D eigenvalue weighted by Crippen LogP contribution is 1.76. The first-order chi connectivity index (χ1) is 3.27. The lowest BCUT2D eigenvalue weighted by Crippen LogP contribution is -1.84. The lowest BCUT2D eigenvalue weighted by atomic mass is 10.4. The number of carboxylic acid groups (broad SMARTS) is 1. The predicted octanol–water partition coefficient (Wildman–Crippen LogP) is 0.213. The molecule has 0 saturated heterocycles. The maximum absolute atomic E-state index is 9.67. The Hall–Kier alpha value is -0.830. The van der Waals surface area contributed by atoms with Crippen LogP contribution in [0.3, 0.4) is 0 Å². The molecule has 0 aromatic carbocycles. The van der Waals surface area contributed by atoms with E-state index in [0.29, 0.717) is 0 Å². The maximum Gasteiger partial charge on any atom is 0.327 e. The monoisotopic (exact) mass is 118 g/mol. The summed E-state index contributed by atoms with van der Waals surface area (Å²) in [6.07, 6.45) is 3.52. The first-order valence-corrected chi connectivity index (χ1v) is 2.17. The minimum Gasteiger partial charge on any atom is -0.478 e. The van der Waals surface area contributed by atoms with Gasteiger partial charge in [-0.05, 0) is 6.42 Å². The first-order valence-electron chi connectivity index (χ1n) is 2.17. The third-order valence-corrected chi connectivity index (χ3v) is 0.496. The molecule has 3 N–H and O–H groups in total. The van der Waals surface area contributed by atoms with Gasteiger partial charge in [-0.15, -0.1) is 0 Å². The number of hydrogen-bond acceptors (Lipinski definition) is 1. The van der Waals surface area contributed by atoms with E-state index in [1.54, 1.807) is 6.08 Å². The lowest BCUT2D eigenvalue weighted by Gasteiger charge is -1.73. The standard InChI is InChI=1S/C5H8O2.H2O/c1-2-3-4-5(6)7;/h3-4H,2H2,1H3,(H,6,7);1H2/b4-3+;. The van der Waals surface area contributed by atoms with Crippen LogP contribution in [0.5, 0.6) is 0 Å². The molecule has 48 valence electrons. The van der Waals surface area contributed by atoms with E-state index in [0.717, 1.165) is 12.5 Å². The fraction of sp³-hybridized carbons (Fsp3) is 0.400. The Morgan fingerprint density at radius 1 is 1.75 bits per heavy atom. The fourth-order valence-corrected chi connectivity index (χ4v) is 0.219. The van der Waals surface area contributed by atoms with Gasteiger partial charge in [-0.25, -0.2) is 4.79 Å². The van der Waals surface area contributed by atoms with Crippen molar-refractivity contribution < 1.29 is 15.4 Å². The van der Waals surface area contributed by atoms with Gasteiger partial charge in [0.1, 0.15) is 0 Å². The molecule has 0 unspecified atom stereocenters. The van der Waals surface area contributed by atoms with Crippen molar-refractivity contribution in [1.82, 2.24) is 0 Å². The zero-order valence-corrected chi connectivity index (χ0v) is 4.72. The van der Waals surface area contributed by atoms with Gasteiger partial charge in [-0.1, -0.05) is 13.0 Å². The molecule has 0 radical (unpaired) electrons. The normalized spacial score (nSPS) is 8.62. The zero-order valence-electron chi connectivity index (χ0n) is 4.72. The summed E-state index contributed by atoms with van der Waals surface area (Å²) in [6.45, 7) is 1.89. The van der Waals surface area contributed by atoms with Crippen LogP contribution in [0.4, 0.5) is 0 Å². The van der Waals surface area contributed by atoms with Crippen molar-refractivity contribution >= 4 is 5.97 Å². The van der Waals surface area contributed by atoms with E-state index < -0.39 is 5.97 Å².